The van der Waals surface area contributed by atoms with Gasteiger partial charge in [-0.3, -0.25) is 15.4 Å². The number of anilines is 1. The average Bonchev–Trinajstić information content (AvgIpc) is 2.74. The number of alkyl halides is 3. The van der Waals surface area contributed by atoms with Crippen LogP contribution in [-0.2, 0) is 9.53 Å². The van der Waals surface area contributed by atoms with Crippen molar-refractivity contribution in [1.29, 1.82) is 0 Å². The van der Waals surface area contributed by atoms with Crippen LogP contribution in [0.1, 0.15) is 18.1 Å². The van der Waals surface area contributed by atoms with Crippen molar-refractivity contribution >= 4 is 23.7 Å². The number of urea groups is 1. The summed E-state index contributed by atoms with van der Waals surface area (Å²) < 4.78 is 45.0. The SMILES string of the molecule is CCOC(=O)N[C@]1(C(F)(F)F)NC(=O)N(c2ccc(C)c(C)c2)C1=O. The first-order valence-corrected chi connectivity index (χ1v) is 7.29. The molecule has 7 nitrogen and oxygen atoms in total. The van der Waals surface area contributed by atoms with Gasteiger partial charge in [0.05, 0.1) is 12.3 Å². The van der Waals surface area contributed by atoms with E-state index in [1.165, 1.54) is 29.7 Å². The number of imide groups is 1. The fraction of sp³-hybridized carbons (Fsp3) is 0.400. The quantitative estimate of drug-likeness (QED) is 0.811. The standard InChI is InChI=1S/C15H16F3N3O4/c1-4-25-13(24)20-14(15(16,17)18)11(22)21(12(23)19-14)10-6-5-8(2)9(3)7-10/h5-7H,4H2,1-3H3,(H,19,23)(H,20,24)/t14-/m1/s1. The van der Waals surface area contributed by atoms with E-state index in [1.54, 1.807) is 19.9 Å². The Hall–Kier alpha value is -2.78. The zero-order valence-corrected chi connectivity index (χ0v) is 13.7. The molecule has 2 N–H and O–H groups in total. The van der Waals surface area contributed by atoms with Gasteiger partial charge in [-0.1, -0.05) is 6.07 Å². The van der Waals surface area contributed by atoms with Gasteiger partial charge in [0.1, 0.15) is 0 Å². The van der Waals surface area contributed by atoms with Gasteiger partial charge < -0.3 is 4.74 Å². The molecule has 1 heterocycles. The Morgan fingerprint density at radius 3 is 2.44 bits per heavy atom. The molecule has 0 unspecified atom stereocenters. The summed E-state index contributed by atoms with van der Waals surface area (Å²) in [5.41, 5.74) is -2.11. The third-order valence-corrected chi connectivity index (χ3v) is 3.76. The van der Waals surface area contributed by atoms with Crippen molar-refractivity contribution in [1.82, 2.24) is 10.6 Å². The van der Waals surface area contributed by atoms with Crippen molar-refractivity contribution in [3.63, 3.8) is 0 Å². The van der Waals surface area contributed by atoms with Crippen LogP contribution in [0, 0.1) is 13.8 Å². The van der Waals surface area contributed by atoms with Crippen LogP contribution in [0.15, 0.2) is 18.2 Å². The van der Waals surface area contributed by atoms with E-state index in [2.05, 4.69) is 4.74 Å². The van der Waals surface area contributed by atoms with Gasteiger partial charge in [-0.15, -0.1) is 0 Å². The van der Waals surface area contributed by atoms with Crippen LogP contribution in [0.3, 0.4) is 0 Å². The predicted octanol–water partition coefficient (Wildman–Crippen LogP) is 2.36. The summed E-state index contributed by atoms with van der Waals surface area (Å²) in [6.45, 7) is 4.64. The van der Waals surface area contributed by atoms with E-state index in [4.69, 9.17) is 0 Å². The summed E-state index contributed by atoms with van der Waals surface area (Å²) >= 11 is 0. The number of nitrogens with zero attached hydrogens (tertiary/aromatic N) is 1. The minimum atomic E-state index is -5.28. The number of hydrogen-bond donors (Lipinski definition) is 2. The molecule has 0 aromatic heterocycles. The van der Waals surface area contributed by atoms with Gasteiger partial charge in [0.2, 0.25) is 0 Å². The molecule has 1 atom stereocenters. The Bertz CT molecular complexity index is 735. The normalized spacial score (nSPS) is 20.5. The van der Waals surface area contributed by atoms with E-state index >= 15 is 0 Å². The highest BCUT2D eigenvalue weighted by Crippen LogP contribution is 2.36. The number of carbonyl (C=O) groups excluding carboxylic acids is 3. The Balaban J connectivity index is 2.47. The van der Waals surface area contributed by atoms with Crippen molar-refractivity contribution in [2.45, 2.75) is 32.6 Å². The number of ether oxygens (including phenoxy) is 1. The van der Waals surface area contributed by atoms with Crippen LogP contribution < -0.4 is 15.5 Å². The van der Waals surface area contributed by atoms with E-state index < -0.39 is 29.9 Å². The smallest absolute Gasteiger partial charge is 0.440 e. The maximum atomic E-state index is 13.5. The van der Waals surface area contributed by atoms with Gasteiger partial charge in [0.15, 0.2) is 0 Å². The molecule has 0 bridgehead atoms. The molecule has 0 radical (unpaired) electrons. The third-order valence-electron chi connectivity index (χ3n) is 3.76. The number of halogens is 3. The molecule has 0 spiro atoms. The van der Waals surface area contributed by atoms with Crippen LogP contribution in [0.25, 0.3) is 0 Å². The summed E-state index contributed by atoms with van der Waals surface area (Å²) in [7, 11) is 0. The third kappa shape index (κ3) is 3.11. The molecule has 10 heteroatoms. The molecule has 1 aliphatic heterocycles. The van der Waals surface area contributed by atoms with Gasteiger partial charge in [0, 0.05) is 0 Å². The van der Waals surface area contributed by atoms with E-state index in [0.29, 0.717) is 10.5 Å². The first-order valence-electron chi connectivity index (χ1n) is 7.29. The zero-order chi connectivity index (χ0) is 19.0. The van der Waals surface area contributed by atoms with E-state index in [1.807, 2.05) is 0 Å². The van der Waals surface area contributed by atoms with Gasteiger partial charge >= 0.3 is 18.3 Å². The summed E-state index contributed by atoms with van der Waals surface area (Å²) in [6, 6.07) is 3.01. The molecule has 1 fully saturated rings. The predicted molar refractivity (Wildman–Crippen MR) is 80.9 cm³/mol. The second-order valence-corrected chi connectivity index (χ2v) is 5.43. The van der Waals surface area contributed by atoms with Crippen LogP contribution in [0.5, 0.6) is 0 Å². The highest BCUT2D eigenvalue weighted by atomic mass is 19.4. The second kappa shape index (κ2) is 6.26. The average molecular weight is 359 g/mol. The number of amides is 4. The molecule has 1 aromatic rings. The maximum Gasteiger partial charge on any atom is 0.440 e. The number of aryl methyl sites for hydroxylation is 2. The van der Waals surface area contributed by atoms with Crippen LogP contribution in [0.2, 0.25) is 0 Å². The van der Waals surface area contributed by atoms with E-state index in [9.17, 15) is 27.6 Å². The van der Waals surface area contributed by atoms with Gasteiger partial charge in [-0.25, -0.2) is 14.5 Å². The van der Waals surface area contributed by atoms with Crippen LogP contribution in [0.4, 0.5) is 28.4 Å². The minimum Gasteiger partial charge on any atom is -0.450 e. The molecule has 25 heavy (non-hydrogen) atoms. The summed E-state index contributed by atoms with van der Waals surface area (Å²) in [4.78, 5) is 36.4. The topological polar surface area (TPSA) is 87.7 Å². The second-order valence-electron chi connectivity index (χ2n) is 5.43. The Morgan fingerprint density at radius 1 is 1.28 bits per heavy atom. The summed E-state index contributed by atoms with van der Waals surface area (Å²) in [5, 5.41) is 2.96. The molecule has 136 valence electrons. The number of alkyl carbamates (subject to hydrolysis) is 1. The molecular formula is C15H16F3N3O4. The first-order chi connectivity index (χ1) is 11.5. The van der Waals surface area contributed by atoms with Crippen molar-refractivity contribution < 1.29 is 32.3 Å². The molecule has 2 rings (SSSR count). The molecule has 0 saturated carbocycles. The number of rotatable bonds is 3. The lowest BCUT2D eigenvalue weighted by atomic mass is 10.1. The lowest BCUT2D eigenvalue weighted by Crippen LogP contribution is -2.69. The Labute approximate surface area is 141 Å². The van der Waals surface area contributed by atoms with E-state index in [0.717, 1.165) is 5.56 Å². The fourth-order valence-corrected chi connectivity index (χ4v) is 2.30. The van der Waals surface area contributed by atoms with Crippen molar-refractivity contribution in [2.24, 2.45) is 0 Å². The van der Waals surface area contributed by atoms with Gasteiger partial charge in [-0.05, 0) is 44.0 Å². The van der Waals surface area contributed by atoms with E-state index in [-0.39, 0.29) is 12.3 Å². The number of benzene rings is 1. The highest BCUT2D eigenvalue weighted by Gasteiger charge is 2.69. The largest absolute Gasteiger partial charge is 0.450 e. The van der Waals surface area contributed by atoms with Crippen molar-refractivity contribution in [3.8, 4) is 0 Å². The maximum absolute atomic E-state index is 13.5. The number of hydrogen-bond acceptors (Lipinski definition) is 4. The molecular weight excluding hydrogens is 343 g/mol. The molecule has 0 aliphatic carbocycles. The van der Waals surface area contributed by atoms with Crippen molar-refractivity contribution in [3.05, 3.63) is 29.3 Å². The molecule has 1 saturated heterocycles. The van der Waals surface area contributed by atoms with Crippen LogP contribution in [-0.4, -0.2) is 36.5 Å². The minimum absolute atomic E-state index is 0.0395. The fourth-order valence-electron chi connectivity index (χ4n) is 2.30. The zero-order valence-electron chi connectivity index (χ0n) is 13.7. The monoisotopic (exact) mass is 359 g/mol. The first kappa shape index (κ1) is 18.6. The lowest BCUT2D eigenvalue weighted by molar-refractivity contribution is -0.197. The Kier molecular flexibility index (Phi) is 4.65. The lowest BCUT2D eigenvalue weighted by Gasteiger charge is -2.29. The van der Waals surface area contributed by atoms with Crippen molar-refractivity contribution in [2.75, 3.05) is 11.5 Å². The highest BCUT2D eigenvalue weighted by molar-refractivity contribution is 6.24. The summed E-state index contributed by atoms with van der Waals surface area (Å²) in [6.07, 6.45) is -6.75. The Morgan fingerprint density at radius 2 is 1.92 bits per heavy atom. The van der Waals surface area contributed by atoms with Gasteiger partial charge in [0.25, 0.3) is 11.6 Å². The molecule has 1 aromatic carbocycles. The van der Waals surface area contributed by atoms with Gasteiger partial charge in [-0.2, -0.15) is 13.2 Å². The number of carbonyl (C=O) groups is 3. The molecule has 4 amide bonds. The summed E-state index contributed by atoms with van der Waals surface area (Å²) in [5.74, 6) is -1.67. The van der Waals surface area contributed by atoms with Crippen LogP contribution >= 0.6 is 0 Å². The number of nitrogens with one attached hydrogen (secondary N) is 2. The molecule has 1 aliphatic rings.